The predicted molar refractivity (Wildman–Crippen MR) is 75.5 cm³/mol. The van der Waals surface area contributed by atoms with Gasteiger partial charge in [0.25, 0.3) is 0 Å². The van der Waals surface area contributed by atoms with Crippen LogP contribution in [0.15, 0.2) is 55.3 Å². The van der Waals surface area contributed by atoms with Crippen molar-refractivity contribution in [3.05, 3.63) is 60.9 Å². The highest BCUT2D eigenvalue weighted by Gasteiger charge is 2.30. The maximum absolute atomic E-state index is 5.85. The van der Waals surface area contributed by atoms with Gasteiger partial charge in [0.1, 0.15) is 11.4 Å². The zero-order chi connectivity index (χ0) is 13.4. The van der Waals surface area contributed by atoms with E-state index in [1.165, 1.54) is 5.56 Å². The minimum atomic E-state index is -0.522. The fourth-order valence-corrected chi connectivity index (χ4v) is 1.79. The van der Waals surface area contributed by atoms with E-state index in [2.05, 4.69) is 25.3 Å². The van der Waals surface area contributed by atoms with Crippen molar-refractivity contribution in [1.82, 2.24) is 0 Å². The van der Waals surface area contributed by atoms with Crippen molar-refractivity contribution in [1.29, 1.82) is 0 Å². The molecule has 0 heterocycles. The zero-order valence-electron chi connectivity index (χ0n) is 11.3. The second-order valence-corrected chi connectivity index (χ2v) is 4.35. The van der Waals surface area contributed by atoms with Crippen LogP contribution in [0.4, 0.5) is 0 Å². The largest absolute Gasteiger partial charge is 0.496 e. The fraction of sp³-hybridized carbons (Fsp3) is 0.375. The van der Waals surface area contributed by atoms with Crippen molar-refractivity contribution < 1.29 is 9.47 Å². The van der Waals surface area contributed by atoms with E-state index >= 15 is 0 Å². The van der Waals surface area contributed by atoms with Crippen molar-refractivity contribution in [2.75, 3.05) is 13.2 Å². The molecule has 2 heteroatoms. The summed E-state index contributed by atoms with van der Waals surface area (Å²) in [6.45, 7) is 12.7. The van der Waals surface area contributed by atoms with Crippen LogP contribution in [0.1, 0.15) is 19.4 Å². The topological polar surface area (TPSA) is 18.5 Å². The molecule has 1 atom stereocenters. The molecule has 0 amide bonds. The molecule has 98 valence electrons. The predicted octanol–water partition coefficient (Wildman–Crippen LogP) is 3.74. The van der Waals surface area contributed by atoms with Gasteiger partial charge in [-0.3, -0.25) is 0 Å². The molecule has 1 aromatic rings. The molecule has 0 aliphatic heterocycles. The van der Waals surface area contributed by atoms with Crippen LogP contribution in [0.2, 0.25) is 0 Å². The van der Waals surface area contributed by atoms with E-state index in [0.717, 1.165) is 6.42 Å². The van der Waals surface area contributed by atoms with Gasteiger partial charge in [-0.15, -0.1) is 6.58 Å². The van der Waals surface area contributed by atoms with Crippen LogP contribution >= 0.6 is 0 Å². The van der Waals surface area contributed by atoms with E-state index < -0.39 is 5.60 Å². The summed E-state index contributed by atoms with van der Waals surface area (Å²) in [5.74, 6) is 0.663. The van der Waals surface area contributed by atoms with E-state index in [-0.39, 0.29) is 0 Å². The molecule has 0 fully saturated rings. The minimum absolute atomic E-state index is 0.482. The van der Waals surface area contributed by atoms with Gasteiger partial charge in [-0.1, -0.05) is 43.0 Å². The normalized spacial score (nSPS) is 13.7. The zero-order valence-corrected chi connectivity index (χ0v) is 11.3. The van der Waals surface area contributed by atoms with E-state index in [0.29, 0.717) is 19.0 Å². The Labute approximate surface area is 110 Å². The van der Waals surface area contributed by atoms with E-state index in [1.54, 1.807) is 6.08 Å². The first-order valence-electron chi connectivity index (χ1n) is 6.23. The van der Waals surface area contributed by atoms with Gasteiger partial charge in [-0.05, 0) is 19.4 Å². The summed E-state index contributed by atoms with van der Waals surface area (Å²) < 4.78 is 11.4. The number of hydrogen-bond donors (Lipinski definition) is 0. The molecule has 0 bridgehead atoms. The molecule has 0 aliphatic carbocycles. The van der Waals surface area contributed by atoms with Crippen molar-refractivity contribution in [2.45, 2.75) is 25.9 Å². The molecular formula is C16H22O2. The lowest BCUT2D eigenvalue weighted by Gasteiger charge is -2.31. The Bertz CT molecular complexity index is 383. The van der Waals surface area contributed by atoms with Crippen molar-refractivity contribution in [3.8, 4) is 0 Å². The van der Waals surface area contributed by atoms with Crippen LogP contribution in [-0.4, -0.2) is 18.8 Å². The van der Waals surface area contributed by atoms with Gasteiger partial charge in [0.2, 0.25) is 0 Å². The van der Waals surface area contributed by atoms with Crippen LogP contribution in [0.5, 0.6) is 0 Å². The van der Waals surface area contributed by atoms with Crippen molar-refractivity contribution in [3.63, 3.8) is 0 Å². The molecule has 0 saturated carbocycles. The number of rotatable bonds is 8. The lowest BCUT2D eigenvalue weighted by Crippen LogP contribution is -2.35. The smallest absolute Gasteiger partial charge is 0.126 e. The van der Waals surface area contributed by atoms with Crippen molar-refractivity contribution in [2.24, 2.45) is 0 Å². The standard InChI is InChI=1S/C16H22O2/c1-5-12-18-16(4,14(3)17-6-2)13-15-10-8-7-9-11-15/h5,7-11H,1,3,6,12-13H2,2,4H3. The van der Waals surface area contributed by atoms with Crippen LogP contribution < -0.4 is 0 Å². The van der Waals surface area contributed by atoms with E-state index in [1.807, 2.05) is 32.0 Å². The highest BCUT2D eigenvalue weighted by molar-refractivity contribution is 5.20. The summed E-state index contributed by atoms with van der Waals surface area (Å²) in [4.78, 5) is 0. The highest BCUT2D eigenvalue weighted by Crippen LogP contribution is 2.26. The average molecular weight is 246 g/mol. The summed E-state index contributed by atoms with van der Waals surface area (Å²) in [5.41, 5.74) is 0.677. The van der Waals surface area contributed by atoms with Gasteiger partial charge in [-0.25, -0.2) is 0 Å². The molecule has 0 spiro atoms. The second-order valence-electron chi connectivity index (χ2n) is 4.35. The number of benzene rings is 1. The van der Waals surface area contributed by atoms with Gasteiger partial charge in [-0.2, -0.15) is 0 Å². The Morgan fingerprint density at radius 2 is 2.00 bits per heavy atom. The molecule has 1 unspecified atom stereocenters. The molecule has 1 aromatic carbocycles. The van der Waals surface area contributed by atoms with Crippen molar-refractivity contribution >= 4 is 0 Å². The Morgan fingerprint density at radius 1 is 1.33 bits per heavy atom. The Morgan fingerprint density at radius 3 is 2.56 bits per heavy atom. The Kier molecular flexibility index (Phi) is 5.66. The van der Waals surface area contributed by atoms with Gasteiger partial charge >= 0.3 is 0 Å². The van der Waals surface area contributed by atoms with Crippen LogP contribution in [0.3, 0.4) is 0 Å². The van der Waals surface area contributed by atoms with E-state index in [9.17, 15) is 0 Å². The molecule has 0 radical (unpaired) electrons. The Hall–Kier alpha value is -1.54. The molecule has 0 aliphatic rings. The third-order valence-electron chi connectivity index (χ3n) is 2.81. The molecule has 0 saturated heterocycles. The molecule has 2 nitrogen and oxygen atoms in total. The van der Waals surface area contributed by atoms with Gasteiger partial charge in [0.15, 0.2) is 0 Å². The molecule has 18 heavy (non-hydrogen) atoms. The van der Waals surface area contributed by atoms with E-state index in [4.69, 9.17) is 9.47 Å². The van der Waals surface area contributed by atoms with Crippen LogP contribution in [0, 0.1) is 0 Å². The third-order valence-corrected chi connectivity index (χ3v) is 2.81. The van der Waals surface area contributed by atoms with Gasteiger partial charge in [0, 0.05) is 6.42 Å². The summed E-state index contributed by atoms with van der Waals surface area (Å²) in [6.07, 6.45) is 2.48. The maximum Gasteiger partial charge on any atom is 0.126 e. The number of ether oxygens (including phenoxy) is 2. The SMILES string of the molecule is C=CCOC(C)(Cc1ccccc1)C(=C)OCC. The first kappa shape index (κ1) is 14.5. The minimum Gasteiger partial charge on any atom is -0.496 e. The van der Waals surface area contributed by atoms with Crippen LogP contribution in [-0.2, 0) is 15.9 Å². The lowest BCUT2D eigenvalue weighted by atomic mass is 9.94. The second kappa shape index (κ2) is 7.02. The number of hydrogen-bond acceptors (Lipinski definition) is 2. The lowest BCUT2D eigenvalue weighted by molar-refractivity contribution is -0.0289. The highest BCUT2D eigenvalue weighted by atomic mass is 16.5. The molecule has 0 aromatic heterocycles. The fourth-order valence-electron chi connectivity index (χ4n) is 1.79. The summed E-state index contributed by atoms with van der Waals surface area (Å²) in [7, 11) is 0. The molecule has 1 rings (SSSR count). The average Bonchev–Trinajstić information content (AvgIpc) is 2.38. The first-order valence-corrected chi connectivity index (χ1v) is 6.23. The Balaban J connectivity index is 2.83. The first-order chi connectivity index (χ1) is 8.62. The third kappa shape index (κ3) is 4.04. The quantitative estimate of drug-likeness (QED) is 0.514. The summed E-state index contributed by atoms with van der Waals surface area (Å²) in [5, 5.41) is 0. The van der Waals surface area contributed by atoms with Crippen LogP contribution in [0.25, 0.3) is 0 Å². The summed E-state index contributed by atoms with van der Waals surface area (Å²) in [6, 6.07) is 10.2. The molecular weight excluding hydrogens is 224 g/mol. The maximum atomic E-state index is 5.85. The monoisotopic (exact) mass is 246 g/mol. The molecule has 0 N–H and O–H groups in total. The van der Waals surface area contributed by atoms with Gasteiger partial charge in [0.05, 0.1) is 13.2 Å². The summed E-state index contributed by atoms with van der Waals surface area (Å²) >= 11 is 0. The van der Waals surface area contributed by atoms with Gasteiger partial charge < -0.3 is 9.47 Å².